The summed E-state index contributed by atoms with van der Waals surface area (Å²) in [6.07, 6.45) is 1.15. The second kappa shape index (κ2) is 8.68. The Morgan fingerprint density at radius 2 is 1.83 bits per heavy atom. The van der Waals surface area contributed by atoms with Crippen molar-refractivity contribution in [2.75, 3.05) is 7.11 Å². The average Bonchev–Trinajstić information content (AvgIpc) is 2.54. The van der Waals surface area contributed by atoms with Crippen molar-refractivity contribution in [3.05, 3.63) is 35.9 Å². The first-order chi connectivity index (χ1) is 11.5. The minimum atomic E-state index is -0.407. The molecular formula is C18H26N2O4. The largest absolute Gasteiger partial charge is 0.468 e. The van der Waals surface area contributed by atoms with Crippen molar-refractivity contribution >= 4 is 12.1 Å². The Hall–Kier alpha value is -2.08. The van der Waals surface area contributed by atoms with E-state index in [2.05, 4.69) is 10.6 Å². The van der Waals surface area contributed by atoms with Crippen LogP contribution in [0.25, 0.3) is 0 Å². The van der Waals surface area contributed by atoms with Gasteiger partial charge < -0.3 is 20.1 Å². The molecule has 1 aromatic rings. The van der Waals surface area contributed by atoms with E-state index in [9.17, 15) is 9.59 Å². The number of nitrogens with one attached hydrogen (secondary N) is 2. The summed E-state index contributed by atoms with van der Waals surface area (Å²) in [6.45, 7) is 4.21. The van der Waals surface area contributed by atoms with Gasteiger partial charge in [0, 0.05) is 12.1 Å². The molecule has 0 spiro atoms. The van der Waals surface area contributed by atoms with Crippen molar-refractivity contribution in [1.29, 1.82) is 0 Å². The van der Waals surface area contributed by atoms with Gasteiger partial charge in [-0.15, -0.1) is 0 Å². The van der Waals surface area contributed by atoms with E-state index in [0.29, 0.717) is 0 Å². The normalized spacial score (nSPS) is 20.8. The molecule has 0 aromatic heterocycles. The fourth-order valence-corrected chi connectivity index (χ4v) is 2.72. The monoisotopic (exact) mass is 334 g/mol. The maximum Gasteiger partial charge on any atom is 0.407 e. The van der Waals surface area contributed by atoms with Crippen LogP contribution >= 0.6 is 0 Å². The molecule has 0 aliphatic heterocycles. The molecular weight excluding hydrogens is 308 g/mol. The van der Waals surface area contributed by atoms with Crippen molar-refractivity contribution in [1.82, 2.24) is 10.6 Å². The molecule has 0 unspecified atom stereocenters. The number of hydrogen-bond acceptors (Lipinski definition) is 5. The number of esters is 1. The Kier molecular flexibility index (Phi) is 6.61. The molecule has 1 aliphatic carbocycles. The number of carbonyl (C=O) groups is 2. The highest BCUT2D eigenvalue weighted by atomic mass is 16.5. The summed E-state index contributed by atoms with van der Waals surface area (Å²) in [6, 6.07) is 9.53. The number of alkyl carbamates (subject to hydrolysis) is 1. The van der Waals surface area contributed by atoms with Gasteiger partial charge >= 0.3 is 12.1 Å². The smallest absolute Gasteiger partial charge is 0.407 e. The van der Waals surface area contributed by atoms with E-state index in [1.54, 1.807) is 0 Å². The SMILES string of the molecule is COC(=O)[C@@H](NC1CC(NC(=O)OCc2ccccc2)C1)C(C)C. The standard InChI is InChI=1S/C18H26N2O4/c1-12(2)16(17(21)23-3)19-14-9-15(10-14)20-18(22)24-11-13-7-5-4-6-8-13/h4-8,12,14-16,19H,9-11H2,1-3H3,(H,20,22)/t14?,15?,16-/m0/s1. The summed E-state index contributed by atoms with van der Waals surface area (Å²) in [5.41, 5.74) is 0.957. The van der Waals surface area contributed by atoms with Gasteiger partial charge in [-0.25, -0.2) is 4.79 Å². The molecule has 2 N–H and O–H groups in total. The summed E-state index contributed by atoms with van der Waals surface area (Å²) >= 11 is 0. The summed E-state index contributed by atoms with van der Waals surface area (Å²) < 4.78 is 10.0. The zero-order valence-electron chi connectivity index (χ0n) is 14.5. The highest BCUT2D eigenvalue weighted by Gasteiger charge is 2.35. The van der Waals surface area contributed by atoms with Crippen molar-refractivity contribution in [3.8, 4) is 0 Å². The summed E-state index contributed by atoms with van der Waals surface area (Å²) in [5.74, 6) is -0.0935. The quantitative estimate of drug-likeness (QED) is 0.748. The molecule has 1 fully saturated rings. The van der Waals surface area contributed by atoms with Gasteiger partial charge in [0.05, 0.1) is 7.11 Å². The van der Waals surface area contributed by atoms with Gasteiger partial charge in [-0.3, -0.25) is 4.79 Å². The third-order valence-corrected chi connectivity index (χ3v) is 4.21. The van der Waals surface area contributed by atoms with Gasteiger partial charge in [-0.05, 0) is 24.3 Å². The number of hydrogen-bond donors (Lipinski definition) is 2. The topological polar surface area (TPSA) is 76.7 Å². The van der Waals surface area contributed by atoms with E-state index in [1.807, 2.05) is 44.2 Å². The number of amides is 1. The zero-order chi connectivity index (χ0) is 17.5. The lowest BCUT2D eigenvalue weighted by molar-refractivity contribution is -0.144. The van der Waals surface area contributed by atoms with Gasteiger partial charge in [0.15, 0.2) is 0 Å². The third kappa shape index (κ3) is 5.23. The molecule has 1 aliphatic rings. The van der Waals surface area contributed by atoms with E-state index in [-0.39, 0.29) is 36.6 Å². The molecule has 1 amide bonds. The first kappa shape index (κ1) is 18.3. The van der Waals surface area contributed by atoms with Crippen molar-refractivity contribution in [2.45, 2.75) is 51.4 Å². The van der Waals surface area contributed by atoms with E-state index >= 15 is 0 Å². The highest BCUT2D eigenvalue weighted by molar-refractivity contribution is 5.76. The second-order valence-corrected chi connectivity index (χ2v) is 6.48. The van der Waals surface area contributed by atoms with E-state index < -0.39 is 6.09 Å². The van der Waals surface area contributed by atoms with Crippen LogP contribution < -0.4 is 10.6 Å². The Balaban J connectivity index is 1.67. The molecule has 2 rings (SSSR count). The van der Waals surface area contributed by atoms with Crippen LogP contribution in [0.1, 0.15) is 32.3 Å². The number of ether oxygens (including phenoxy) is 2. The maximum absolute atomic E-state index is 11.8. The van der Waals surface area contributed by atoms with E-state index in [0.717, 1.165) is 18.4 Å². The van der Waals surface area contributed by atoms with Crippen LogP contribution in [0.2, 0.25) is 0 Å². The highest BCUT2D eigenvalue weighted by Crippen LogP contribution is 2.22. The maximum atomic E-state index is 11.8. The lowest BCUT2D eigenvalue weighted by Crippen LogP contribution is -2.57. The predicted octanol–water partition coefficient (Wildman–Crippen LogP) is 2.23. The number of carbonyl (C=O) groups excluding carboxylic acids is 2. The Bertz CT molecular complexity index is 541. The van der Waals surface area contributed by atoms with Crippen LogP contribution in [0.5, 0.6) is 0 Å². The van der Waals surface area contributed by atoms with Crippen molar-refractivity contribution in [3.63, 3.8) is 0 Å². The molecule has 24 heavy (non-hydrogen) atoms. The Morgan fingerprint density at radius 3 is 2.42 bits per heavy atom. The molecule has 132 valence electrons. The molecule has 0 bridgehead atoms. The van der Waals surface area contributed by atoms with E-state index in [1.165, 1.54) is 7.11 Å². The average molecular weight is 334 g/mol. The molecule has 6 nitrogen and oxygen atoms in total. The summed E-state index contributed by atoms with van der Waals surface area (Å²) in [5, 5.41) is 6.14. The summed E-state index contributed by atoms with van der Waals surface area (Å²) in [7, 11) is 1.40. The lowest BCUT2D eigenvalue weighted by Gasteiger charge is -2.38. The molecule has 0 radical (unpaired) electrons. The number of rotatable bonds is 7. The fraction of sp³-hybridized carbons (Fsp3) is 0.556. The molecule has 0 heterocycles. The van der Waals surface area contributed by atoms with E-state index in [4.69, 9.17) is 9.47 Å². The van der Waals surface area contributed by atoms with Crippen LogP contribution in [0.3, 0.4) is 0 Å². The third-order valence-electron chi connectivity index (χ3n) is 4.21. The minimum Gasteiger partial charge on any atom is -0.468 e. The van der Waals surface area contributed by atoms with Crippen LogP contribution in [-0.4, -0.2) is 37.3 Å². The van der Waals surface area contributed by atoms with Crippen LogP contribution in [0.4, 0.5) is 4.79 Å². The predicted molar refractivity (Wildman–Crippen MR) is 90.4 cm³/mol. The first-order valence-electron chi connectivity index (χ1n) is 8.30. The van der Waals surface area contributed by atoms with Crippen LogP contribution in [0, 0.1) is 5.92 Å². The van der Waals surface area contributed by atoms with Crippen LogP contribution in [0.15, 0.2) is 30.3 Å². The van der Waals surface area contributed by atoms with Gasteiger partial charge in [0.2, 0.25) is 0 Å². The zero-order valence-corrected chi connectivity index (χ0v) is 14.5. The lowest BCUT2D eigenvalue weighted by atomic mass is 9.85. The Labute approximate surface area is 142 Å². The Morgan fingerprint density at radius 1 is 1.17 bits per heavy atom. The second-order valence-electron chi connectivity index (χ2n) is 6.48. The number of benzene rings is 1. The summed E-state index contributed by atoms with van der Waals surface area (Å²) in [4.78, 5) is 23.5. The minimum absolute atomic E-state index is 0.0798. The molecule has 1 atom stereocenters. The van der Waals surface area contributed by atoms with Crippen LogP contribution in [-0.2, 0) is 20.9 Å². The molecule has 1 saturated carbocycles. The van der Waals surface area contributed by atoms with Gasteiger partial charge in [-0.2, -0.15) is 0 Å². The van der Waals surface area contributed by atoms with Crippen molar-refractivity contribution in [2.24, 2.45) is 5.92 Å². The fourth-order valence-electron chi connectivity index (χ4n) is 2.72. The van der Waals surface area contributed by atoms with Gasteiger partial charge in [0.1, 0.15) is 12.6 Å². The molecule has 6 heteroatoms. The van der Waals surface area contributed by atoms with Gasteiger partial charge in [-0.1, -0.05) is 44.2 Å². The first-order valence-corrected chi connectivity index (χ1v) is 8.30. The van der Waals surface area contributed by atoms with Crippen molar-refractivity contribution < 1.29 is 19.1 Å². The van der Waals surface area contributed by atoms with Gasteiger partial charge in [0.25, 0.3) is 0 Å². The molecule has 1 aromatic carbocycles. The molecule has 0 saturated heterocycles. The number of methoxy groups -OCH3 is 1.